The molecule has 26 heavy (non-hydrogen) atoms. The van der Waals surface area contributed by atoms with Crippen LogP contribution in [0, 0.1) is 11.3 Å². The molecule has 1 amide bonds. The zero-order valence-electron chi connectivity index (χ0n) is 13.8. The van der Waals surface area contributed by atoms with Crippen LogP contribution in [-0.2, 0) is 10.0 Å². The molecule has 0 unspecified atom stereocenters. The molecule has 1 aliphatic heterocycles. The van der Waals surface area contributed by atoms with Crippen molar-refractivity contribution in [2.45, 2.75) is 12.8 Å². The number of halogens is 1. The van der Waals surface area contributed by atoms with Crippen LogP contribution in [0.2, 0.25) is 5.02 Å². The molecule has 1 aliphatic rings. The van der Waals surface area contributed by atoms with Crippen molar-refractivity contribution in [2.24, 2.45) is 0 Å². The molecular weight excluding hydrogens is 374 g/mol. The van der Waals surface area contributed by atoms with Crippen molar-refractivity contribution in [3.63, 3.8) is 0 Å². The van der Waals surface area contributed by atoms with Gasteiger partial charge in [-0.3, -0.25) is 9.10 Å². The minimum Gasteiger partial charge on any atom is -0.322 e. The summed E-state index contributed by atoms with van der Waals surface area (Å²) in [5, 5.41) is 11.7. The highest BCUT2D eigenvalue weighted by Gasteiger charge is 2.27. The molecule has 2 aromatic carbocycles. The van der Waals surface area contributed by atoms with E-state index in [4.69, 9.17) is 16.9 Å². The second kappa shape index (κ2) is 7.36. The molecule has 0 bridgehead atoms. The van der Waals surface area contributed by atoms with Gasteiger partial charge in [-0.1, -0.05) is 11.6 Å². The van der Waals surface area contributed by atoms with E-state index in [9.17, 15) is 13.2 Å². The lowest BCUT2D eigenvalue weighted by Crippen LogP contribution is -2.38. The zero-order valence-corrected chi connectivity index (χ0v) is 15.3. The number of sulfonamides is 1. The van der Waals surface area contributed by atoms with Crippen LogP contribution < -0.4 is 9.62 Å². The molecule has 0 radical (unpaired) electrons. The summed E-state index contributed by atoms with van der Waals surface area (Å²) in [6.07, 6.45) is 1.41. The molecule has 1 N–H and O–H groups in total. The quantitative estimate of drug-likeness (QED) is 0.871. The third kappa shape index (κ3) is 3.82. The van der Waals surface area contributed by atoms with E-state index in [0.29, 0.717) is 29.9 Å². The van der Waals surface area contributed by atoms with Crippen LogP contribution in [0.4, 0.5) is 11.4 Å². The Kier molecular flexibility index (Phi) is 5.16. The van der Waals surface area contributed by atoms with E-state index in [1.807, 2.05) is 6.07 Å². The van der Waals surface area contributed by atoms with Crippen LogP contribution in [0.25, 0.3) is 0 Å². The molecule has 0 aromatic heterocycles. The van der Waals surface area contributed by atoms with E-state index in [1.165, 1.54) is 16.4 Å². The fraction of sp³-hybridized carbons (Fsp3) is 0.222. The molecule has 3 rings (SSSR count). The molecule has 0 saturated carbocycles. The lowest BCUT2D eigenvalue weighted by Gasteiger charge is -2.28. The van der Waals surface area contributed by atoms with E-state index in [0.717, 1.165) is 6.42 Å². The Morgan fingerprint density at radius 1 is 1.15 bits per heavy atom. The molecule has 2 aromatic rings. The average Bonchev–Trinajstić information content (AvgIpc) is 2.62. The number of rotatable bonds is 3. The van der Waals surface area contributed by atoms with Crippen LogP contribution in [-0.4, -0.2) is 26.6 Å². The van der Waals surface area contributed by atoms with Crippen molar-refractivity contribution in [3.8, 4) is 6.07 Å². The number of hydrogen-bond donors (Lipinski definition) is 1. The highest BCUT2D eigenvalue weighted by molar-refractivity contribution is 7.92. The molecule has 0 spiro atoms. The summed E-state index contributed by atoms with van der Waals surface area (Å²) in [6, 6.07) is 13.0. The standard InChI is InChI=1S/C18H16ClN3O3S/c19-17-8-7-15(22-9-1-2-10-26(22,24)25)11-16(17)18(23)21-14-5-3-13(12-20)4-6-14/h3-8,11H,1-2,9-10H2,(H,21,23). The van der Waals surface area contributed by atoms with Crippen molar-refractivity contribution >= 4 is 38.9 Å². The number of hydrogen-bond acceptors (Lipinski definition) is 4. The van der Waals surface area contributed by atoms with Crippen LogP contribution in [0.5, 0.6) is 0 Å². The van der Waals surface area contributed by atoms with Crippen LogP contribution in [0.15, 0.2) is 42.5 Å². The Balaban J connectivity index is 1.87. The van der Waals surface area contributed by atoms with Gasteiger partial charge < -0.3 is 5.32 Å². The van der Waals surface area contributed by atoms with Gasteiger partial charge in [0.25, 0.3) is 5.91 Å². The first-order valence-corrected chi connectivity index (χ1v) is 10.0. The topological polar surface area (TPSA) is 90.3 Å². The summed E-state index contributed by atoms with van der Waals surface area (Å²) in [5.74, 6) is -0.349. The SMILES string of the molecule is N#Cc1ccc(NC(=O)c2cc(N3CCCCS3(=O)=O)ccc2Cl)cc1. The van der Waals surface area contributed by atoms with Crippen LogP contribution in [0.1, 0.15) is 28.8 Å². The minimum absolute atomic E-state index is 0.0996. The maximum Gasteiger partial charge on any atom is 0.257 e. The molecule has 0 atom stereocenters. The van der Waals surface area contributed by atoms with Gasteiger partial charge in [-0.15, -0.1) is 0 Å². The molecular formula is C18H16ClN3O3S. The van der Waals surface area contributed by atoms with Gasteiger partial charge >= 0.3 is 0 Å². The number of nitrogens with one attached hydrogen (secondary N) is 1. The summed E-state index contributed by atoms with van der Waals surface area (Å²) >= 11 is 6.14. The summed E-state index contributed by atoms with van der Waals surface area (Å²) in [7, 11) is -3.37. The van der Waals surface area contributed by atoms with Gasteiger partial charge in [-0.2, -0.15) is 5.26 Å². The molecule has 0 aliphatic carbocycles. The van der Waals surface area contributed by atoms with Crippen molar-refractivity contribution < 1.29 is 13.2 Å². The zero-order chi connectivity index (χ0) is 18.7. The van der Waals surface area contributed by atoms with Gasteiger partial charge in [-0.05, 0) is 55.3 Å². The number of carbonyl (C=O) groups is 1. The second-order valence-corrected chi connectivity index (χ2v) is 8.32. The largest absolute Gasteiger partial charge is 0.322 e. The Morgan fingerprint density at radius 3 is 2.54 bits per heavy atom. The third-order valence-corrected chi connectivity index (χ3v) is 6.30. The number of anilines is 2. The summed E-state index contributed by atoms with van der Waals surface area (Å²) in [4.78, 5) is 12.6. The predicted octanol–water partition coefficient (Wildman–Crippen LogP) is 3.39. The summed E-state index contributed by atoms with van der Waals surface area (Å²) in [6.45, 7) is 0.390. The van der Waals surface area contributed by atoms with Crippen molar-refractivity contribution in [3.05, 3.63) is 58.6 Å². The molecule has 1 heterocycles. The maximum atomic E-state index is 12.6. The fourth-order valence-corrected chi connectivity index (χ4v) is 4.58. The molecule has 1 saturated heterocycles. The molecule has 6 nitrogen and oxygen atoms in total. The Bertz CT molecular complexity index is 982. The van der Waals surface area contributed by atoms with Crippen LogP contribution >= 0.6 is 11.6 Å². The van der Waals surface area contributed by atoms with Crippen LogP contribution in [0.3, 0.4) is 0 Å². The Morgan fingerprint density at radius 2 is 1.88 bits per heavy atom. The van der Waals surface area contributed by atoms with Gasteiger partial charge in [0.05, 0.1) is 33.7 Å². The number of nitriles is 1. The highest BCUT2D eigenvalue weighted by atomic mass is 35.5. The van der Waals surface area contributed by atoms with Gasteiger partial charge in [0.1, 0.15) is 0 Å². The molecule has 134 valence electrons. The number of carbonyl (C=O) groups excluding carboxylic acids is 1. The van der Waals surface area contributed by atoms with Gasteiger partial charge in [-0.25, -0.2) is 8.42 Å². The monoisotopic (exact) mass is 389 g/mol. The molecule has 1 fully saturated rings. The van der Waals surface area contributed by atoms with E-state index in [2.05, 4.69) is 5.32 Å². The van der Waals surface area contributed by atoms with Gasteiger partial charge in [0.15, 0.2) is 0 Å². The first-order chi connectivity index (χ1) is 12.4. The Hall–Kier alpha value is -2.56. The summed E-state index contributed by atoms with van der Waals surface area (Å²) < 4.78 is 25.9. The number of amides is 1. The minimum atomic E-state index is -3.37. The van der Waals surface area contributed by atoms with Gasteiger partial charge in [0, 0.05) is 12.2 Å². The molecule has 8 heteroatoms. The van der Waals surface area contributed by atoms with E-state index in [-0.39, 0.29) is 16.3 Å². The normalized spacial score (nSPS) is 15.9. The van der Waals surface area contributed by atoms with Crippen molar-refractivity contribution in [2.75, 3.05) is 21.9 Å². The average molecular weight is 390 g/mol. The second-order valence-electron chi connectivity index (χ2n) is 5.90. The van der Waals surface area contributed by atoms with E-state index in [1.54, 1.807) is 30.3 Å². The summed E-state index contributed by atoms with van der Waals surface area (Å²) in [5.41, 5.74) is 1.62. The lowest BCUT2D eigenvalue weighted by atomic mass is 10.1. The van der Waals surface area contributed by atoms with E-state index >= 15 is 0 Å². The lowest BCUT2D eigenvalue weighted by molar-refractivity contribution is 0.102. The highest BCUT2D eigenvalue weighted by Crippen LogP contribution is 2.28. The Labute approximate surface area is 157 Å². The van der Waals surface area contributed by atoms with Gasteiger partial charge in [0.2, 0.25) is 10.0 Å². The fourth-order valence-electron chi connectivity index (χ4n) is 2.75. The van der Waals surface area contributed by atoms with Crippen molar-refractivity contribution in [1.29, 1.82) is 5.26 Å². The van der Waals surface area contributed by atoms with Crippen molar-refractivity contribution in [1.82, 2.24) is 0 Å². The third-order valence-electron chi connectivity index (χ3n) is 4.10. The first-order valence-electron chi connectivity index (χ1n) is 8.02. The number of benzene rings is 2. The first kappa shape index (κ1) is 18.2. The van der Waals surface area contributed by atoms with E-state index < -0.39 is 15.9 Å². The predicted molar refractivity (Wildman–Crippen MR) is 101 cm³/mol. The number of nitrogens with zero attached hydrogens (tertiary/aromatic N) is 2. The maximum absolute atomic E-state index is 12.6. The smallest absolute Gasteiger partial charge is 0.257 e.